The van der Waals surface area contributed by atoms with Crippen molar-refractivity contribution in [1.29, 1.82) is 0 Å². The predicted molar refractivity (Wildman–Crippen MR) is 248 cm³/mol. The van der Waals surface area contributed by atoms with E-state index >= 15 is 0 Å². The molecule has 59 heavy (non-hydrogen) atoms. The van der Waals surface area contributed by atoms with Crippen LogP contribution in [-0.4, -0.2) is 0 Å². The number of fused-ring (bicyclic) bond motifs is 10. The van der Waals surface area contributed by atoms with Crippen LogP contribution in [0.25, 0.3) is 44.5 Å². The van der Waals surface area contributed by atoms with E-state index in [-0.39, 0.29) is 5.41 Å². The Labute approximate surface area is 347 Å². The number of allylic oxidation sites excluding steroid dienone is 5. The number of rotatable bonds is 7. The molecule has 1 heteroatoms. The molecule has 0 aliphatic heterocycles. The summed E-state index contributed by atoms with van der Waals surface area (Å²) in [6.07, 6.45) is 6.23. The van der Waals surface area contributed by atoms with Gasteiger partial charge in [0.1, 0.15) is 0 Å². The predicted octanol–water partition coefficient (Wildman–Crippen LogP) is 15.1. The molecule has 0 saturated carbocycles. The summed E-state index contributed by atoms with van der Waals surface area (Å²) in [6, 6.07) is 71.9. The molecule has 0 bridgehead atoms. The van der Waals surface area contributed by atoms with E-state index in [9.17, 15) is 0 Å². The van der Waals surface area contributed by atoms with E-state index < -0.39 is 5.41 Å². The fourth-order valence-corrected chi connectivity index (χ4v) is 10.5. The van der Waals surface area contributed by atoms with Gasteiger partial charge in [0.2, 0.25) is 0 Å². The van der Waals surface area contributed by atoms with Crippen molar-refractivity contribution in [3.8, 4) is 33.4 Å². The molecule has 0 amide bonds. The lowest BCUT2D eigenvalue weighted by molar-refractivity contribution is 0.660. The molecular weight excluding hydrogens is 711 g/mol. The molecule has 280 valence electrons. The largest absolute Gasteiger partial charge is 0.310 e. The molecule has 8 aromatic carbocycles. The zero-order valence-corrected chi connectivity index (χ0v) is 33.4. The highest BCUT2D eigenvalue weighted by molar-refractivity contribution is 6.12. The standard InChI is InChI=1S/C58H43N/c1-4-5-19-50-48-23-12-16-27-54(48)58(52-25-14-10-21-46(52)47-22-11-15-26-53(47)58)56(50)41-30-34-43(35-31-41)59(42-32-28-40(29-33-42)39-17-7-6-8-18-39)44-36-37-49-45-20-9-13-24-51(45)57(2,3)55(49)38-44/h4-38H,1H2,2-3H3/b19-5-. The Morgan fingerprint density at radius 1 is 0.407 bits per heavy atom. The highest BCUT2D eigenvalue weighted by Crippen LogP contribution is 2.64. The minimum atomic E-state index is -0.473. The highest BCUT2D eigenvalue weighted by atomic mass is 15.1. The number of nitrogens with zero attached hydrogens (tertiary/aromatic N) is 1. The molecule has 3 aliphatic carbocycles. The summed E-state index contributed by atoms with van der Waals surface area (Å²) in [5.41, 5.74) is 22.1. The first-order valence-corrected chi connectivity index (χ1v) is 20.6. The molecular formula is C58H43N. The van der Waals surface area contributed by atoms with Crippen LogP contribution in [0.4, 0.5) is 17.1 Å². The maximum Gasteiger partial charge on any atom is 0.0731 e. The Kier molecular flexibility index (Phi) is 7.97. The SMILES string of the molecule is C=C/C=C\C1=C(c2ccc(N(c3ccc(-c4ccccc4)cc3)c3ccc4c(c3)C(C)(C)c3ccccc3-4)cc2)C2(c3ccccc31)c1ccccc1-c1ccccc12. The van der Waals surface area contributed by atoms with E-state index in [1.54, 1.807) is 0 Å². The van der Waals surface area contributed by atoms with Gasteiger partial charge in [0.25, 0.3) is 0 Å². The van der Waals surface area contributed by atoms with Crippen LogP contribution in [0.15, 0.2) is 219 Å². The summed E-state index contributed by atoms with van der Waals surface area (Å²) < 4.78 is 0. The number of benzene rings is 8. The highest BCUT2D eigenvalue weighted by Gasteiger charge is 2.52. The molecule has 11 rings (SSSR count). The summed E-state index contributed by atoms with van der Waals surface area (Å²) in [5.74, 6) is 0. The van der Waals surface area contributed by atoms with Crippen LogP contribution in [0, 0.1) is 0 Å². The van der Waals surface area contributed by atoms with Crippen LogP contribution in [-0.2, 0) is 10.8 Å². The van der Waals surface area contributed by atoms with E-state index in [4.69, 9.17) is 0 Å². The summed E-state index contributed by atoms with van der Waals surface area (Å²) >= 11 is 0. The van der Waals surface area contributed by atoms with Crippen LogP contribution in [0.1, 0.15) is 52.8 Å². The van der Waals surface area contributed by atoms with Crippen LogP contribution >= 0.6 is 0 Å². The summed E-state index contributed by atoms with van der Waals surface area (Å²) in [7, 11) is 0. The molecule has 0 atom stereocenters. The van der Waals surface area contributed by atoms with Crippen molar-refractivity contribution in [2.75, 3.05) is 4.90 Å². The maximum atomic E-state index is 4.07. The minimum absolute atomic E-state index is 0.115. The molecule has 0 aromatic heterocycles. The second-order valence-electron chi connectivity index (χ2n) is 16.5. The molecule has 8 aromatic rings. The van der Waals surface area contributed by atoms with Gasteiger partial charge in [0.05, 0.1) is 5.41 Å². The Hall–Kier alpha value is -7.22. The Balaban J connectivity index is 1.10. The Morgan fingerprint density at radius 3 is 1.44 bits per heavy atom. The molecule has 1 nitrogen and oxygen atoms in total. The number of anilines is 3. The van der Waals surface area contributed by atoms with E-state index in [1.165, 1.54) is 83.5 Å². The summed E-state index contributed by atoms with van der Waals surface area (Å²) in [5, 5.41) is 0. The average Bonchev–Trinajstić information content (AvgIpc) is 3.84. The molecule has 1 spiro atoms. The third-order valence-corrected chi connectivity index (χ3v) is 13.1. The van der Waals surface area contributed by atoms with Gasteiger partial charge in [-0.2, -0.15) is 0 Å². The molecule has 0 radical (unpaired) electrons. The van der Waals surface area contributed by atoms with Crippen molar-refractivity contribution in [2.45, 2.75) is 24.7 Å². The second-order valence-corrected chi connectivity index (χ2v) is 16.5. The Morgan fingerprint density at radius 2 is 0.847 bits per heavy atom. The average molecular weight is 754 g/mol. The van der Waals surface area contributed by atoms with Gasteiger partial charge in [-0.05, 0) is 120 Å². The van der Waals surface area contributed by atoms with Crippen LogP contribution in [0.3, 0.4) is 0 Å². The zero-order valence-electron chi connectivity index (χ0n) is 33.4. The maximum absolute atomic E-state index is 4.07. The third-order valence-electron chi connectivity index (χ3n) is 13.1. The number of hydrogen-bond acceptors (Lipinski definition) is 1. The van der Waals surface area contributed by atoms with E-state index in [0.29, 0.717) is 0 Å². The molecule has 0 unspecified atom stereocenters. The van der Waals surface area contributed by atoms with Crippen molar-refractivity contribution in [1.82, 2.24) is 0 Å². The molecule has 0 N–H and O–H groups in total. The lowest BCUT2D eigenvalue weighted by Gasteiger charge is -2.33. The first-order chi connectivity index (χ1) is 29.0. The second kappa shape index (κ2) is 13.4. The molecule has 0 fully saturated rings. The van der Waals surface area contributed by atoms with Gasteiger partial charge >= 0.3 is 0 Å². The van der Waals surface area contributed by atoms with Gasteiger partial charge < -0.3 is 4.90 Å². The lowest BCUT2D eigenvalue weighted by atomic mass is 9.68. The first-order valence-electron chi connectivity index (χ1n) is 20.6. The topological polar surface area (TPSA) is 3.24 Å². The summed E-state index contributed by atoms with van der Waals surface area (Å²) in [4.78, 5) is 2.42. The van der Waals surface area contributed by atoms with Gasteiger partial charge in [-0.25, -0.2) is 0 Å². The van der Waals surface area contributed by atoms with Crippen molar-refractivity contribution in [3.05, 3.63) is 258 Å². The van der Waals surface area contributed by atoms with E-state index in [0.717, 1.165) is 17.1 Å². The monoisotopic (exact) mass is 753 g/mol. The quantitative estimate of drug-likeness (QED) is 0.147. The van der Waals surface area contributed by atoms with Gasteiger partial charge in [0, 0.05) is 22.5 Å². The van der Waals surface area contributed by atoms with Gasteiger partial charge in [-0.15, -0.1) is 0 Å². The Bertz CT molecular complexity index is 2970. The number of hydrogen-bond donors (Lipinski definition) is 0. The van der Waals surface area contributed by atoms with Crippen molar-refractivity contribution in [2.24, 2.45) is 0 Å². The minimum Gasteiger partial charge on any atom is -0.310 e. The van der Waals surface area contributed by atoms with E-state index in [2.05, 4.69) is 232 Å². The zero-order chi connectivity index (χ0) is 39.7. The molecule has 0 heterocycles. The first kappa shape index (κ1) is 35.0. The van der Waals surface area contributed by atoms with Gasteiger partial charge in [0.15, 0.2) is 0 Å². The third kappa shape index (κ3) is 5.11. The lowest BCUT2D eigenvalue weighted by Crippen LogP contribution is -2.26. The molecule has 0 saturated heterocycles. The fraction of sp³-hybridized carbons (Fsp3) is 0.0690. The van der Waals surface area contributed by atoms with Gasteiger partial charge in [-0.1, -0.05) is 196 Å². The van der Waals surface area contributed by atoms with Crippen LogP contribution in [0.5, 0.6) is 0 Å². The molecule has 3 aliphatic rings. The smallest absolute Gasteiger partial charge is 0.0731 e. The van der Waals surface area contributed by atoms with Crippen molar-refractivity contribution in [3.63, 3.8) is 0 Å². The van der Waals surface area contributed by atoms with E-state index in [1.807, 2.05) is 6.08 Å². The summed E-state index contributed by atoms with van der Waals surface area (Å²) in [6.45, 7) is 8.79. The van der Waals surface area contributed by atoms with Gasteiger partial charge in [-0.3, -0.25) is 0 Å². The van der Waals surface area contributed by atoms with Crippen LogP contribution in [0.2, 0.25) is 0 Å². The van der Waals surface area contributed by atoms with Crippen molar-refractivity contribution >= 4 is 28.2 Å². The van der Waals surface area contributed by atoms with Crippen LogP contribution < -0.4 is 4.90 Å². The fourth-order valence-electron chi connectivity index (χ4n) is 10.5. The normalized spacial score (nSPS) is 14.8. The van der Waals surface area contributed by atoms with Crippen molar-refractivity contribution < 1.29 is 0 Å².